The number of carbonyl (C=O) groups excluding carboxylic acids is 1. The zero-order chi connectivity index (χ0) is 19.4. The Labute approximate surface area is 172 Å². The molecular weight excluding hydrogens is 426 g/mol. The first-order chi connectivity index (χ1) is 13.0. The highest BCUT2D eigenvalue weighted by molar-refractivity contribution is 9.10. The van der Waals surface area contributed by atoms with Crippen LogP contribution in [0.15, 0.2) is 64.3 Å². The molecule has 7 heteroatoms. The molecule has 27 heavy (non-hydrogen) atoms. The molecule has 1 aliphatic rings. The number of thiocarbonyl (C=S) groups is 1. The van der Waals surface area contributed by atoms with E-state index < -0.39 is 0 Å². The van der Waals surface area contributed by atoms with Gasteiger partial charge in [0.2, 0.25) is 0 Å². The number of para-hydroxylation sites is 2. The zero-order valence-electron chi connectivity index (χ0n) is 15.0. The summed E-state index contributed by atoms with van der Waals surface area (Å²) in [6, 6.07) is 14.8. The SMILES string of the molecule is CCOc1ccccc1NC(=O)C1=C(C)NC(=S)N[C@H]1c1cccc(Br)c1. The first-order valence-corrected chi connectivity index (χ1v) is 9.76. The van der Waals surface area contributed by atoms with Gasteiger partial charge in [0, 0.05) is 10.2 Å². The average Bonchev–Trinajstić information content (AvgIpc) is 2.63. The van der Waals surface area contributed by atoms with Gasteiger partial charge in [0.05, 0.1) is 23.9 Å². The predicted molar refractivity (Wildman–Crippen MR) is 115 cm³/mol. The third kappa shape index (κ3) is 4.48. The number of carbonyl (C=O) groups is 1. The molecule has 3 N–H and O–H groups in total. The monoisotopic (exact) mass is 445 g/mol. The second kappa shape index (κ2) is 8.54. The fourth-order valence-electron chi connectivity index (χ4n) is 2.97. The molecule has 2 aromatic carbocycles. The molecule has 0 radical (unpaired) electrons. The van der Waals surface area contributed by atoms with E-state index in [4.69, 9.17) is 17.0 Å². The maximum atomic E-state index is 13.2. The third-order valence-electron chi connectivity index (χ3n) is 4.13. The molecule has 1 aliphatic heterocycles. The van der Waals surface area contributed by atoms with Gasteiger partial charge in [0.15, 0.2) is 5.11 Å². The van der Waals surface area contributed by atoms with Gasteiger partial charge in [-0.2, -0.15) is 0 Å². The van der Waals surface area contributed by atoms with Crippen molar-refractivity contribution in [2.75, 3.05) is 11.9 Å². The molecule has 1 amide bonds. The number of rotatable bonds is 5. The van der Waals surface area contributed by atoms with Crippen molar-refractivity contribution < 1.29 is 9.53 Å². The van der Waals surface area contributed by atoms with Crippen LogP contribution in [0.4, 0.5) is 5.69 Å². The van der Waals surface area contributed by atoms with E-state index in [0.29, 0.717) is 28.7 Å². The molecule has 140 valence electrons. The predicted octanol–water partition coefficient (Wildman–Crippen LogP) is 4.28. The van der Waals surface area contributed by atoms with Gasteiger partial charge in [-0.25, -0.2) is 0 Å². The summed E-state index contributed by atoms with van der Waals surface area (Å²) >= 11 is 8.78. The summed E-state index contributed by atoms with van der Waals surface area (Å²) < 4.78 is 6.54. The van der Waals surface area contributed by atoms with Crippen LogP contribution in [0.3, 0.4) is 0 Å². The van der Waals surface area contributed by atoms with Crippen LogP contribution in [-0.4, -0.2) is 17.6 Å². The van der Waals surface area contributed by atoms with Gasteiger partial charge in [-0.05, 0) is 55.9 Å². The second-order valence-corrected chi connectivity index (χ2v) is 7.33. The van der Waals surface area contributed by atoms with Gasteiger partial charge in [-0.15, -0.1) is 0 Å². The largest absolute Gasteiger partial charge is 0.492 e. The van der Waals surface area contributed by atoms with Crippen molar-refractivity contribution in [3.63, 3.8) is 0 Å². The Morgan fingerprint density at radius 1 is 1.26 bits per heavy atom. The molecule has 0 spiro atoms. The maximum Gasteiger partial charge on any atom is 0.255 e. The molecule has 0 aromatic heterocycles. The van der Waals surface area contributed by atoms with Crippen LogP contribution in [0.2, 0.25) is 0 Å². The summed E-state index contributed by atoms with van der Waals surface area (Å²) in [5.74, 6) is 0.421. The maximum absolute atomic E-state index is 13.2. The molecule has 0 saturated heterocycles. The van der Waals surface area contributed by atoms with E-state index in [-0.39, 0.29) is 11.9 Å². The number of halogens is 1. The van der Waals surface area contributed by atoms with E-state index >= 15 is 0 Å². The van der Waals surface area contributed by atoms with Crippen LogP contribution in [0.1, 0.15) is 25.5 Å². The number of amides is 1. The molecule has 0 unspecified atom stereocenters. The lowest BCUT2D eigenvalue weighted by Gasteiger charge is -2.30. The molecule has 1 atom stereocenters. The van der Waals surface area contributed by atoms with Crippen LogP contribution in [-0.2, 0) is 4.79 Å². The highest BCUT2D eigenvalue weighted by Crippen LogP contribution is 2.31. The number of anilines is 1. The van der Waals surface area contributed by atoms with E-state index in [0.717, 1.165) is 15.7 Å². The topological polar surface area (TPSA) is 62.4 Å². The van der Waals surface area contributed by atoms with Gasteiger partial charge in [-0.3, -0.25) is 4.79 Å². The Morgan fingerprint density at radius 2 is 2.04 bits per heavy atom. The molecule has 3 rings (SSSR count). The van der Waals surface area contributed by atoms with Crippen molar-refractivity contribution in [2.45, 2.75) is 19.9 Å². The van der Waals surface area contributed by atoms with Crippen molar-refractivity contribution in [3.05, 3.63) is 69.8 Å². The number of hydrogen-bond acceptors (Lipinski definition) is 3. The Bertz CT molecular complexity index is 914. The first-order valence-electron chi connectivity index (χ1n) is 8.56. The lowest BCUT2D eigenvalue weighted by atomic mass is 9.95. The van der Waals surface area contributed by atoms with Crippen LogP contribution in [0.5, 0.6) is 5.75 Å². The molecule has 2 aromatic rings. The zero-order valence-corrected chi connectivity index (χ0v) is 17.4. The molecule has 5 nitrogen and oxygen atoms in total. The van der Waals surface area contributed by atoms with E-state index in [1.54, 1.807) is 0 Å². The standard InChI is InChI=1S/C20H20BrN3O2S/c1-3-26-16-10-5-4-9-15(16)23-19(25)17-12(2)22-20(27)24-18(17)13-7-6-8-14(21)11-13/h4-11,18H,3H2,1-2H3,(H,23,25)(H2,22,24,27)/t18-/m0/s1. The minimum atomic E-state index is -0.351. The molecular formula is C20H20BrN3O2S. The van der Waals surface area contributed by atoms with E-state index in [1.165, 1.54) is 0 Å². The fourth-order valence-corrected chi connectivity index (χ4v) is 3.66. The number of ether oxygens (including phenoxy) is 1. The highest BCUT2D eigenvalue weighted by Gasteiger charge is 2.30. The van der Waals surface area contributed by atoms with E-state index in [2.05, 4.69) is 31.9 Å². The summed E-state index contributed by atoms with van der Waals surface area (Å²) in [5.41, 5.74) is 2.87. The fraction of sp³-hybridized carbons (Fsp3) is 0.200. The highest BCUT2D eigenvalue weighted by atomic mass is 79.9. The molecule has 0 fully saturated rings. The van der Waals surface area contributed by atoms with Crippen LogP contribution in [0, 0.1) is 0 Å². The van der Waals surface area contributed by atoms with Crippen molar-refractivity contribution in [1.82, 2.24) is 10.6 Å². The van der Waals surface area contributed by atoms with Crippen molar-refractivity contribution in [2.24, 2.45) is 0 Å². The molecule has 1 heterocycles. The first kappa shape index (κ1) is 19.4. The Morgan fingerprint density at radius 3 is 2.78 bits per heavy atom. The van der Waals surface area contributed by atoms with Gasteiger partial charge in [0.1, 0.15) is 5.75 Å². The second-order valence-electron chi connectivity index (χ2n) is 6.01. The Hall–Kier alpha value is -2.38. The van der Waals surface area contributed by atoms with E-state index in [1.807, 2.05) is 62.4 Å². The summed E-state index contributed by atoms with van der Waals surface area (Å²) in [5, 5.41) is 9.70. The minimum absolute atomic E-state index is 0.216. The number of benzene rings is 2. The van der Waals surface area contributed by atoms with Gasteiger partial charge < -0.3 is 20.7 Å². The number of nitrogens with one attached hydrogen (secondary N) is 3. The normalized spacial score (nSPS) is 16.4. The minimum Gasteiger partial charge on any atom is -0.492 e. The summed E-state index contributed by atoms with van der Waals surface area (Å²) in [4.78, 5) is 13.2. The number of hydrogen-bond donors (Lipinski definition) is 3. The lowest BCUT2D eigenvalue weighted by molar-refractivity contribution is -0.113. The van der Waals surface area contributed by atoms with Crippen molar-refractivity contribution in [1.29, 1.82) is 0 Å². The quantitative estimate of drug-likeness (QED) is 0.599. The van der Waals surface area contributed by atoms with Crippen LogP contribution >= 0.6 is 28.1 Å². The van der Waals surface area contributed by atoms with Gasteiger partial charge in [0.25, 0.3) is 5.91 Å². The Kier molecular flexibility index (Phi) is 6.13. The van der Waals surface area contributed by atoms with Crippen LogP contribution < -0.4 is 20.7 Å². The molecule has 0 saturated carbocycles. The van der Waals surface area contributed by atoms with Crippen molar-refractivity contribution in [3.8, 4) is 5.75 Å². The lowest BCUT2D eigenvalue weighted by Crippen LogP contribution is -2.45. The van der Waals surface area contributed by atoms with E-state index in [9.17, 15) is 4.79 Å². The molecule has 0 bridgehead atoms. The smallest absolute Gasteiger partial charge is 0.255 e. The average molecular weight is 446 g/mol. The summed E-state index contributed by atoms with van der Waals surface area (Å²) in [7, 11) is 0. The van der Waals surface area contributed by atoms with Crippen LogP contribution in [0.25, 0.3) is 0 Å². The number of allylic oxidation sites excluding steroid dienone is 1. The Balaban J connectivity index is 1.95. The molecule has 0 aliphatic carbocycles. The van der Waals surface area contributed by atoms with Gasteiger partial charge >= 0.3 is 0 Å². The summed E-state index contributed by atoms with van der Waals surface area (Å²) in [6.07, 6.45) is 0. The van der Waals surface area contributed by atoms with Crippen molar-refractivity contribution >= 4 is 44.9 Å². The third-order valence-corrected chi connectivity index (χ3v) is 4.84. The van der Waals surface area contributed by atoms with Gasteiger partial charge in [-0.1, -0.05) is 40.2 Å². The summed E-state index contributed by atoms with van der Waals surface area (Å²) in [6.45, 7) is 4.28.